The molecule has 0 rings (SSSR count). The van der Waals surface area contributed by atoms with Crippen molar-refractivity contribution in [3.8, 4) is 0 Å². The molecule has 0 aromatic heterocycles. The molecule has 0 amide bonds. The number of carbonyl (C=O) groups excluding carboxylic acids is 1. The van der Waals surface area contributed by atoms with Crippen molar-refractivity contribution in [1.29, 1.82) is 0 Å². The monoisotopic (exact) mass is 280 g/mol. The molecule has 0 radical (unpaired) electrons. The first-order chi connectivity index (χ1) is 8.99. The molecule has 0 aliphatic heterocycles. The van der Waals surface area contributed by atoms with Crippen LogP contribution in [0.3, 0.4) is 0 Å². The molecule has 2 atom stereocenters. The van der Waals surface area contributed by atoms with E-state index in [2.05, 4.69) is 0 Å². The number of carboxylic acids is 1. The van der Waals surface area contributed by atoms with Crippen LogP contribution >= 0.6 is 0 Å². The van der Waals surface area contributed by atoms with Gasteiger partial charge in [-0.15, -0.1) is 0 Å². The Kier molecular flexibility index (Phi) is 9.99. The first kappa shape index (κ1) is 17.8. The van der Waals surface area contributed by atoms with E-state index < -0.39 is 30.9 Å². The van der Waals surface area contributed by atoms with Crippen LogP contribution in [0.2, 0.25) is 0 Å². The molecule has 0 aliphatic carbocycles. The van der Waals surface area contributed by atoms with Gasteiger partial charge in [-0.25, -0.2) is 0 Å². The van der Waals surface area contributed by atoms with Gasteiger partial charge in [-0.1, -0.05) is 0 Å². The average molecular weight is 280 g/mol. The van der Waals surface area contributed by atoms with Gasteiger partial charge in [-0.3, -0.25) is 9.59 Å². The Bertz CT molecular complexity index is 267. The third-order valence-electron chi connectivity index (χ3n) is 2.09. The van der Waals surface area contributed by atoms with E-state index in [0.717, 1.165) is 0 Å². The fourth-order valence-corrected chi connectivity index (χ4v) is 1.12. The normalized spacial score (nSPS) is 13.8. The van der Waals surface area contributed by atoms with Crippen LogP contribution in [-0.2, 0) is 19.1 Å². The number of esters is 1. The highest BCUT2D eigenvalue weighted by Gasteiger charge is 2.17. The summed E-state index contributed by atoms with van der Waals surface area (Å²) in [5.74, 6) is -1.84. The van der Waals surface area contributed by atoms with Crippen LogP contribution < -0.4 is 0 Å². The fraction of sp³-hybridized carbons (Fsp3) is 0.818. The molecule has 2 unspecified atom stereocenters. The predicted molar refractivity (Wildman–Crippen MR) is 62.1 cm³/mol. The van der Waals surface area contributed by atoms with Crippen molar-refractivity contribution < 1.29 is 39.5 Å². The summed E-state index contributed by atoms with van der Waals surface area (Å²) in [6, 6.07) is 0. The minimum atomic E-state index is -1.11. The van der Waals surface area contributed by atoms with E-state index in [1.165, 1.54) is 0 Å². The number of hydrogen-bond acceptors (Lipinski definition) is 7. The molecule has 4 N–H and O–H groups in total. The highest BCUT2D eigenvalue weighted by atomic mass is 16.7. The summed E-state index contributed by atoms with van der Waals surface area (Å²) in [5.41, 5.74) is 0. The van der Waals surface area contributed by atoms with E-state index in [-0.39, 0.29) is 32.5 Å². The Hall–Kier alpha value is -1.22. The number of ether oxygens (including phenoxy) is 2. The van der Waals surface area contributed by atoms with E-state index in [1.807, 2.05) is 0 Å². The van der Waals surface area contributed by atoms with Gasteiger partial charge >= 0.3 is 11.9 Å². The largest absolute Gasteiger partial charge is 0.481 e. The van der Waals surface area contributed by atoms with Crippen LogP contribution in [0.15, 0.2) is 0 Å². The predicted octanol–water partition coefficient (Wildman–Crippen LogP) is -1.14. The standard InChI is InChI=1S/C11H20O8/c12-5-1-2-11(18-7-8(14)6-13)19-10(17)4-3-9(15)16/h8,11-14H,1-7H2,(H,15,16). The summed E-state index contributed by atoms with van der Waals surface area (Å²) < 4.78 is 9.93. The quantitative estimate of drug-likeness (QED) is 0.276. The van der Waals surface area contributed by atoms with Crippen molar-refractivity contribution in [2.24, 2.45) is 0 Å². The number of aliphatic hydroxyl groups is 3. The minimum Gasteiger partial charge on any atom is -0.481 e. The summed E-state index contributed by atoms with van der Waals surface area (Å²) in [4.78, 5) is 21.6. The van der Waals surface area contributed by atoms with Gasteiger partial charge in [0.15, 0.2) is 0 Å². The lowest BCUT2D eigenvalue weighted by Gasteiger charge is -2.19. The van der Waals surface area contributed by atoms with E-state index in [9.17, 15) is 9.59 Å². The summed E-state index contributed by atoms with van der Waals surface area (Å²) in [5, 5.41) is 34.8. The lowest BCUT2D eigenvalue weighted by Crippen LogP contribution is -2.28. The molecule has 0 bridgehead atoms. The molecule has 0 aromatic rings. The maximum absolute atomic E-state index is 11.3. The van der Waals surface area contributed by atoms with Crippen LogP contribution in [-0.4, -0.2) is 64.6 Å². The Morgan fingerprint density at radius 2 is 1.84 bits per heavy atom. The molecule has 8 nitrogen and oxygen atoms in total. The molecule has 0 aromatic carbocycles. The Morgan fingerprint density at radius 1 is 1.16 bits per heavy atom. The number of aliphatic hydroxyl groups excluding tert-OH is 3. The van der Waals surface area contributed by atoms with Gasteiger partial charge < -0.3 is 29.9 Å². The van der Waals surface area contributed by atoms with E-state index in [0.29, 0.717) is 6.42 Å². The van der Waals surface area contributed by atoms with Crippen molar-refractivity contribution in [2.45, 2.75) is 38.1 Å². The zero-order chi connectivity index (χ0) is 14.7. The SMILES string of the molecule is O=C(O)CCC(=O)OC(CCCO)OCC(O)CO. The molecule has 0 heterocycles. The van der Waals surface area contributed by atoms with Crippen molar-refractivity contribution in [2.75, 3.05) is 19.8 Å². The van der Waals surface area contributed by atoms with Crippen molar-refractivity contribution in [3.05, 3.63) is 0 Å². The molecule has 0 saturated heterocycles. The third-order valence-corrected chi connectivity index (χ3v) is 2.09. The van der Waals surface area contributed by atoms with Gasteiger partial charge in [0.05, 0.1) is 26.1 Å². The smallest absolute Gasteiger partial charge is 0.308 e. The Morgan fingerprint density at radius 3 is 2.37 bits per heavy atom. The van der Waals surface area contributed by atoms with E-state index >= 15 is 0 Å². The summed E-state index contributed by atoms with van der Waals surface area (Å²) in [7, 11) is 0. The van der Waals surface area contributed by atoms with Crippen LogP contribution in [0.1, 0.15) is 25.7 Å². The van der Waals surface area contributed by atoms with Gasteiger partial charge in [0, 0.05) is 13.0 Å². The topological polar surface area (TPSA) is 134 Å². The lowest BCUT2D eigenvalue weighted by molar-refractivity contribution is -0.187. The number of aliphatic carboxylic acids is 1. The fourth-order valence-electron chi connectivity index (χ4n) is 1.12. The first-order valence-corrected chi connectivity index (χ1v) is 5.92. The van der Waals surface area contributed by atoms with Crippen molar-refractivity contribution in [1.82, 2.24) is 0 Å². The lowest BCUT2D eigenvalue weighted by atomic mass is 10.3. The molecule has 8 heteroatoms. The van der Waals surface area contributed by atoms with Crippen LogP contribution in [0.5, 0.6) is 0 Å². The highest BCUT2D eigenvalue weighted by molar-refractivity contribution is 5.76. The summed E-state index contributed by atoms with van der Waals surface area (Å²) in [6.07, 6.45) is -2.15. The average Bonchev–Trinajstić information content (AvgIpc) is 2.38. The molecule has 19 heavy (non-hydrogen) atoms. The number of carbonyl (C=O) groups is 2. The molecule has 0 spiro atoms. The van der Waals surface area contributed by atoms with Crippen LogP contribution in [0.4, 0.5) is 0 Å². The summed E-state index contributed by atoms with van der Waals surface area (Å²) >= 11 is 0. The van der Waals surface area contributed by atoms with E-state index in [4.69, 9.17) is 29.9 Å². The van der Waals surface area contributed by atoms with Gasteiger partial charge in [-0.2, -0.15) is 0 Å². The van der Waals surface area contributed by atoms with Gasteiger partial charge in [0.25, 0.3) is 0 Å². The minimum absolute atomic E-state index is 0.116. The Labute approximate surface area is 110 Å². The highest BCUT2D eigenvalue weighted by Crippen LogP contribution is 2.07. The maximum atomic E-state index is 11.3. The summed E-state index contributed by atoms with van der Waals surface area (Å²) in [6.45, 7) is -0.826. The number of carboxylic acid groups (broad SMARTS) is 1. The molecular formula is C11H20O8. The second kappa shape index (κ2) is 10.7. The molecular weight excluding hydrogens is 260 g/mol. The molecule has 112 valence electrons. The molecule has 0 fully saturated rings. The molecule has 0 aliphatic rings. The zero-order valence-corrected chi connectivity index (χ0v) is 10.5. The number of hydrogen-bond donors (Lipinski definition) is 4. The Balaban J connectivity index is 4.09. The second-order valence-corrected chi connectivity index (χ2v) is 3.85. The van der Waals surface area contributed by atoms with Gasteiger partial charge in [0.1, 0.15) is 6.10 Å². The van der Waals surface area contributed by atoms with Gasteiger partial charge in [0.2, 0.25) is 6.29 Å². The van der Waals surface area contributed by atoms with Crippen LogP contribution in [0, 0.1) is 0 Å². The maximum Gasteiger partial charge on any atom is 0.308 e. The molecule has 0 saturated carbocycles. The van der Waals surface area contributed by atoms with Crippen molar-refractivity contribution >= 4 is 11.9 Å². The first-order valence-electron chi connectivity index (χ1n) is 5.92. The zero-order valence-electron chi connectivity index (χ0n) is 10.5. The van der Waals surface area contributed by atoms with Crippen molar-refractivity contribution in [3.63, 3.8) is 0 Å². The van der Waals surface area contributed by atoms with Gasteiger partial charge in [-0.05, 0) is 6.42 Å². The second-order valence-electron chi connectivity index (χ2n) is 3.85. The van der Waals surface area contributed by atoms with E-state index in [1.54, 1.807) is 0 Å². The number of rotatable bonds is 11. The van der Waals surface area contributed by atoms with Crippen LogP contribution in [0.25, 0.3) is 0 Å². The third kappa shape index (κ3) is 10.4.